The molecule has 5 rings (SSSR count). The van der Waals surface area contributed by atoms with E-state index in [1.807, 2.05) is 25.1 Å². The zero-order chi connectivity index (χ0) is 25.1. The summed E-state index contributed by atoms with van der Waals surface area (Å²) in [5, 5.41) is 3.78. The third kappa shape index (κ3) is 5.08. The van der Waals surface area contributed by atoms with Crippen molar-refractivity contribution >= 4 is 16.8 Å². The molecule has 0 spiro atoms. The number of hydrogen-bond acceptors (Lipinski definition) is 5. The molecule has 1 aliphatic heterocycles. The average Bonchev–Trinajstić information content (AvgIpc) is 2.90. The van der Waals surface area contributed by atoms with Gasteiger partial charge in [-0.3, -0.25) is 19.1 Å². The summed E-state index contributed by atoms with van der Waals surface area (Å²) in [6.45, 7) is 7.69. The minimum atomic E-state index is -0.152. The Bertz CT molecular complexity index is 1420. The molecule has 0 radical (unpaired) electrons. The van der Waals surface area contributed by atoms with E-state index >= 15 is 0 Å². The lowest BCUT2D eigenvalue weighted by Gasteiger charge is -2.31. The van der Waals surface area contributed by atoms with E-state index in [1.54, 1.807) is 34.9 Å². The third-order valence-corrected chi connectivity index (χ3v) is 6.66. The molecule has 2 heterocycles. The molecular weight excluding hydrogens is 452 g/mol. The van der Waals surface area contributed by atoms with Crippen LogP contribution < -0.4 is 10.9 Å². The topological polar surface area (TPSA) is 76.5 Å². The number of rotatable bonds is 6. The Hall–Kier alpha value is -3.81. The summed E-state index contributed by atoms with van der Waals surface area (Å²) in [6, 6.07) is 22.6. The largest absolute Gasteiger partial charge is 0.379 e. The zero-order valence-electron chi connectivity index (χ0n) is 20.6. The quantitative estimate of drug-likeness (QED) is 0.452. The van der Waals surface area contributed by atoms with Crippen LogP contribution in [0.5, 0.6) is 0 Å². The van der Waals surface area contributed by atoms with Crippen molar-refractivity contribution in [3.8, 4) is 5.69 Å². The van der Waals surface area contributed by atoms with Gasteiger partial charge >= 0.3 is 0 Å². The van der Waals surface area contributed by atoms with Gasteiger partial charge in [0.05, 0.1) is 35.8 Å². The number of aryl methyl sites for hydroxylation is 2. The molecule has 0 unspecified atom stereocenters. The van der Waals surface area contributed by atoms with Crippen molar-refractivity contribution in [3.05, 3.63) is 106 Å². The Labute approximate surface area is 210 Å². The smallest absolute Gasteiger partial charge is 0.265 e. The standard InChI is InChI=1S/C29H30N4O3/c1-20-7-9-22(10-8-20)27(19-32-15-17-36-18-16-32)31-28(34)23-11-13-24(14-12-23)33-21(2)30-26-6-4-3-5-25(26)29(33)35/h3-14,27H,15-19H2,1-2H3,(H,31,34)/t27-/m1/s1. The molecule has 1 aliphatic rings. The monoisotopic (exact) mass is 482 g/mol. The number of hydrogen-bond donors (Lipinski definition) is 1. The lowest BCUT2D eigenvalue weighted by molar-refractivity contribution is 0.0332. The molecule has 184 valence electrons. The van der Waals surface area contributed by atoms with Crippen LogP contribution in [0.15, 0.2) is 77.6 Å². The molecule has 1 N–H and O–H groups in total. The number of aromatic nitrogens is 2. The van der Waals surface area contributed by atoms with Gasteiger partial charge in [0.25, 0.3) is 11.5 Å². The van der Waals surface area contributed by atoms with Crippen LogP contribution in [0, 0.1) is 13.8 Å². The molecule has 0 aliphatic carbocycles. The van der Waals surface area contributed by atoms with E-state index < -0.39 is 0 Å². The second kappa shape index (κ2) is 10.4. The molecule has 36 heavy (non-hydrogen) atoms. The minimum absolute atomic E-state index is 0.125. The number of nitrogens with one attached hydrogen (secondary N) is 1. The summed E-state index contributed by atoms with van der Waals surface area (Å²) in [5.41, 5.74) is 4.02. The molecule has 4 aromatic rings. The Morgan fingerprint density at radius 1 is 0.972 bits per heavy atom. The first-order valence-electron chi connectivity index (χ1n) is 12.3. The predicted molar refractivity (Wildman–Crippen MR) is 141 cm³/mol. The van der Waals surface area contributed by atoms with E-state index in [-0.39, 0.29) is 17.5 Å². The summed E-state index contributed by atoms with van der Waals surface area (Å²) in [6.07, 6.45) is 0. The van der Waals surface area contributed by atoms with Crippen LogP contribution in [0.4, 0.5) is 0 Å². The van der Waals surface area contributed by atoms with Crippen LogP contribution in [0.1, 0.15) is 33.4 Å². The van der Waals surface area contributed by atoms with Gasteiger partial charge in [0.2, 0.25) is 0 Å². The highest BCUT2D eigenvalue weighted by Crippen LogP contribution is 2.19. The summed E-state index contributed by atoms with van der Waals surface area (Å²) in [7, 11) is 0. The summed E-state index contributed by atoms with van der Waals surface area (Å²) >= 11 is 0. The number of fused-ring (bicyclic) bond motifs is 1. The van der Waals surface area contributed by atoms with Crippen molar-refractivity contribution in [2.24, 2.45) is 0 Å². The highest BCUT2D eigenvalue weighted by Gasteiger charge is 2.21. The Morgan fingerprint density at radius 2 is 1.67 bits per heavy atom. The van der Waals surface area contributed by atoms with E-state index in [4.69, 9.17) is 4.74 Å². The lowest BCUT2D eigenvalue weighted by atomic mass is 10.0. The number of nitrogens with zero attached hydrogens (tertiary/aromatic N) is 3. The minimum Gasteiger partial charge on any atom is -0.379 e. The van der Waals surface area contributed by atoms with E-state index in [2.05, 4.69) is 46.4 Å². The molecule has 1 atom stereocenters. The highest BCUT2D eigenvalue weighted by molar-refractivity contribution is 5.94. The summed E-state index contributed by atoms with van der Waals surface area (Å²) in [4.78, 5) is 33.3. The van der Waals surface area contributed by atoms with Gasteiger partial charge in [-0.25, -0.2) is 4.98 Å². The van der Waals surface area contributed by atoms with Gasteiger partial charge in [-0.1, -0.05) is 42.0 Å². The van der Waals surface area contributed by atoms with Gasteiger partial charge in [-0.2, -0.15) is 0 Å². The van der Waals surface area contributed by atoms with Gasteiger partial charge in [0.1, 0.15) is 5.82 Å². The molecule has 7 nitrogen and oxygen atoms in total. The number of amides is 1. The number of carbonyl (C=O) groups excluding carboxylic acids is 1. The van der Waals surface area contributed by atoms with Crippen molar-refractivity contribution in [1.29, 1.82) is 0 Å². The average molecular weight is 483 g/mol. The van der Waals surface area contributed by atoms with Gasteiger partial charge in [-0.05, 0) is 55.8 Å². The first kappa shape index (κ1) is 23.9. The lowest BCUT2D eigenvalue weighted by Crippen LogP contribution is -2.43. The van der Waals surface area contributed by atoms with Gasteiger partial charge in [0.15, 0.2) is 0 Å². The van der Waals surface area contributed by atoms with Crippen LogP contribution in [-0.2, 0) is 4.74 Å². The first-order valence-corrected chi connectivity index (χ1v) is 12.3. The fourth-order valence-electron chi connectivity index (χ4n) is 4.63. The maximum Gasteiger partial charge on any atom is 0.265 e. The van der Waals surface area contributed by atoms with Crippen LogP contribution in [0.3, 0.4) is 0 Å². The Balaban J connectivity index is 1.38. The Kier molecular flexibility index (Phi) is 6.93. The van der Waals surface area contributed by atoms with E-state index in [9.17, 15) is 9.59 Å². The van der Waals surface area contributed by atoms with Gasteiger partial charge in [-0.15, -0.1) is 0 Å². The van der Waals surface area contributed by atoms with E-state index in [0.717, 1.165) is 18.7 Å². The highest BCUT2D eigenvalue weighted by atomic mass is 16.5. The van der Waals surface area contributed by atoms with Gasteiger partial charge < -0.3 is 10.1 Å². The molecule has 7 heteroatoms. The number of morpholine rings is 1. The zero-order valence-corrected chi connectivity index (χ0v) is 20.6. The van der Waals surface area contributed by atoms with E-state index in [0.29, 0.717) is 47.7 Å². The van der Waals surface area contributed by atoms with Gasteiger partial charge in [0, 0.05) is 25.2 Å². The second-order valence-electron chi connectivity index (χ2n) is 9.21. The van der Waals surface area contributed by atoms with Crippen molar-refractivity contribution < 1.29 is 9.53 Å². The summed E-state index contributed by atoms with van der Waals surface area (Å²) < 4.78 is 7.06. The molecule has 1 aromatic heterocycles. The SMILES string of the molecule is Cc1ccc([C@@H](CN2CCOCC2)NC(=O)c2ccc(-n3c(C)nc4ccccc4c3=O)cc2)cc1. The molecule has 1 fully saturated rings. The van der Waals surface area contributed by atoms with Crippen molar-refractivity contribution in [3.63, 3.8) is 0 Å². The van der Waals surface area contributed by atoms with Crippen LogP contribution >= 0.6 is 0 Å². The van der Waals surface area contributed by atoms with Crippen LogP contribution in [0.2, 0.25) is 0 Å². The van der Waals surface area contributed by atoms with Crippen LogP contribution in [-0.4, -0.2) is 53.2 Å². The second-order valence-corrected chi connectivity index (χ2v) is 9.21. The van der Waals surface area contributed by atoms with Crippen molar-refractivity contribution in [2.75, 3.05) is 32.8 Å². The number of ether oxygens (including phenoxy) is 1. The fraction of sp³-hybridized carbons (Fsp3) is 0.276. The fourth-order valence-corrected chi connectivity index (χ4v) is 4.63. The Morgan fingerprint density at radius 3 is 2.39 bits per heavy atom. The maximum absolute atomic E-state index is 13.3. The van der Waals surface area contributed by atoms with E-state index in [1.165, 1.54) is 5.56 Å². The normalized spacial score (nSPS) is 15.1. The first-order chi connectivity index (χ1) is 17.5. The molecule has 0 bridgehead atoms. The summed E-state index contributed by atoms with van der Waals surface area (Å²) in [5.74, 6) is 0.446. The molecule has 1 amide bonds. The van der Waals surface area contributed by atoms with Crippen molar-refractivity contribution in [2.45, 2.75) is 19.9 Å². The predicted octanol–water partition coefficient (Wildman–Crippen LogP) is 3.81. The number of para-hydroxylation sites is 1. The maximum atomic E-state index is 13.3. The number of carbonyl (C=O) groups is 1. The molecule has 0 saturated carbocycles. The van der Waals surface area contributed by atoms with Crippen LogP contribution in [0.25, 0.3) is 16.6 Å². The third-order valence-electron chi connectivity index (χ3n) is 6.66. The molecule has 3 aromatic carbocycles. The molecule has 1 saturated heterocycles. The van der Waals surface area contributed by atoms with Crippen molar-refractivity contribution in [1.82, 2.24) is 19.8 Å². The molecular formula is C29H30N4O3. The number of benzene rings is 3.